The topological polar surface area (TPSA) is 84.7 Å². The van der Waals surface area contributed by atoms with E-state index in [4.69, 9.17) is 10.5 Å². The van der Waals surface area contributed by atoms with Crippen LogP contribution in [0.4, 0.5) is 5.69 Å². The molecule has 1 fully saturated rings. The number of ether oxygens (including phenoxy) is 1. The summed E-state index contributed by atoms with van der Waals surface area (Å²) in [4.78, 5) is 2.50. The summed E-state index contributed by atoms with van der Waals surface area (Å²) in [7, 11) is -3.49. The average molecular weight is 313 g/mol. The minimum absolute atomic E-state index is 0.176. The predicted molar refractivity (Wildman–Crippen MR) is 82.9 cm³/mol. The lowest BCUT2D eigenvalue weighted by molar-refractivity contribution is 0.238. The van der Waals surface area contributed by atoms with E-state index < -0.39 is 10.0 Å². The molecule has 1 aromatic carbocycles. The van der Waals surface area contributed by atoms with Crippen LogP contribution in [0.25, 0.3) is 0 Å². The van der Waals surface area contributed by atoms with Crippen LogP contribution in [0.15, 0.2) is 23.1 Å². The van der Waals surface area contributed by atoms with Gasteiger partial charge in [0, 0.05) is 19.2 Å². The molecule has 1 aliphatic heterocycles. The largest absolute Gasteiger partial charge is 0.490 e. The molecule has 1 aromatic rings. The molecule has 1 heterocycles. The summed E-state index contributed by atoms with van der Waals surface area (Å²) < 4.78 is 32.0. The Labute approximate surface area is 126 Å². The van der Waals surface area contributed by atoms with Crippen molar-refractivity contribution in [2.24, 2.45) is 0 Å². The van der Waals surface area contributed by atoms with Crippen molar-refractivity contribution in [3.8, 4) is 5.75 Å². The minimum atomic E-state index is -3.49. The Morgan fingerprint density at radius 2 is 2.05 bits per heavy atom. The molecular formula is C14H23N3O3S. The number of nitrogen functional groups attached to an aromatic ring is 1. The molecule has 0 bridgehead atoms. The molecule has 3 N–H and O–H groups in total. The number of rotatable bonds is 7. The zero-order chi connectivity index (χ0) is 15.3. The third-order valence-corrected chi connectivity index (χ3v) is 5.04. The number of nitrogens with two attached hydrogens (primary N) is 1. The molecule has 0 saturated carbocycles. The van der Waals surface area contributed by atoms with E-state index in [2.05, 4.69) is 9.62 Å². The van der Waals surface area contributed by atoms with Crippen molar-refractivity contribution < 1.29 is 13.2 Å². The van der Waals surface area contributed by atoms with Crippen molar-refractivity contribution >= 4 is 15.7 Å². The van der Waals surface area contributed by atoms with Crippen LogP contribution in [0.5, 0.6) is 5.75 Å². The minimum Gasteiger partial charge on any atom is -0.490 e. The zero-order valence-electron chi connectivity index (χ0n) is 12.3. The first-order chi connectivity index (χ1) is 10.0. The summed E-state index contributed by atoms with van der Waals surface area (Å²) in [5, 5.41) is 0. The Bertz CT molecular complexity index is 569. The summed E-state index contributed by atoms with van der Waals surface area (Å²) in [6, 6.07) is 4.54. The summed E-state index contributed by atoms with van der Waals surface area (Å²) in [6.07, 6.45) is 2.47. The molecule has 2 rings (SSSR count). The van der Waals surface area contributed by atoms with E-state index in [0.717, 1.165) is 19.6 Å². The Balaban J connectivity index is 2.01. The van der Waals surface area contributed by atoms with E-state index in [1.165, 1.54) is 25.0 Å². The van der Waals surface area contributed by atoms with Gasteiger partial charge in [-0.3, -0.25) is 4.90 Å². The average Bonchev–Trinajstić information content (AvgIpc) is 2.94. The number of anilines is 1. The van der Waals surface area contributed by atoms with Crippen molar-refractivity contribution in [3.05, 3.63) is 18.2 Å². The van der Waals surface area contributed by atoms with Gasteiger partial charge in [-0.25, -0.2) is 13.1 Å². The lowest BCUT2D eigenvalue weighted by Crippen LogP contribution is -2.25. The maximum Gasteiger partial charge on any atom is 0.240 e. The fourth-order valence-corrected chi connectivity index (χ4v) is 3.43. The Kier molecular flexibility index (Phi) is 5.44. The summed E-state index contributed by atoms with van der Waals surface area (Å²) in [5.74, 6) is 0.424. The van der Waals surface area contributed by atoms with Gasteiger partial charge in [0.1, 0.15) is 12.4 Å². The first kappa shape index (κ1) is 16.1. The molecule has 0 aromatic heterocycles. The Hall–Kier alpha value is -1.31. The molecule has 0 unspecified atom stereocenters. The fraction of sp³-hybridized carbons (Fsp3) is 0.571. The number of benzene rings is 1. The Morgan fingerprint density at radius 1 is 1.33 bits per heavy atom. The van der Waals surface area contributed by atoms with Gasteiger partial charge in [0.05, 0.1) is 10.6 Å². The maximum atomic E-state index is 12.0. The lowest BCUT2D eigenvalue weighted by Gasteiger charge is -2.16. The number of likely N-dealkylation sites (tertiary alicyclic amines) is 1. The van der Waals surface area contributed by atoms with E-state index in [1.54, 1.807) is 13.0 Å². The smallest absolute Gasteiger partial charge is 0.240 e. The van der Waals surface area contributed by atoms with Crippen molar-refractivity contribution in [1.82, 2.24) is 9.62 Å². The first-order valence-electron chi connectivity index (χ1n) is 7.27. The third kappa shape index (κ3) is 4.33. The molecule has 0 amide bonds. The van der Waals surface area contributed by atoms with Crippen LogP contribution in [-0.4, -0.2) is 46.1 Å². The van der Waals surface area contributed by atoms with Crippen LogP contribution < -0.4 is 15.2 Å². The molecule has 0 aliphatic carbocycles. The second-order valence-corrected chi connectivity index (χ2v) is 6.87. The van der Waals surface area contributed by atoms with Crippen molar-refractivity contribution in [2.75, 3.05) is 38.5 Å². The van der Waals surface area contributed by atoms with Crippen LogP contribution in [0.3, 0.4) is 0 Å². The molecule has 21 heavy (non-hydrogen) atoms. The Morgan fingerprint density at radius 3 is 2.71 bits per heavy atom. The molecule has 0 radical (unpaired) electrons. The maximum absolute atomic E-state index is 12.0. The quantitative estimate of drug-likeness (QED) is 0.735. The summed E-state index contributed by atoms with van der Waals surface area (Å²) in [5.41, 5.74) is 6.30. The predicted octanol–water partition coefficient (Wildman–Crippen LogP) is 1.04. The van der Waals surface area contributed by atoms with Crippen LogP contribution in [-0.2, 0) is 10.0 Å². The van der Waals surface area contributed by atoms with Crippen molar-refractivity contribution in [2.45, 2.75) is 24.7 Å². The van der Waals surface area contributed by atoms with Crippen LogP contribution in [0.2, 0.25) is 0 Å². The normalized spacial score (nSPS) is 16.2. The van der Waals surface area contributed by atoms with E-state index in [1.807, 2.05) is 0 Å². The third-order valence-electron chi connectivity index (χ3n) is 3.49. The van der Waals surface area contributed by atoms with Gasteiger partial charge in [0.25, 0.3) is 0 Å². The van der Waals surface area contributed by atoms with Gasteiger partial charge in [0.2, 0.25) is 10.0 Å². The van der Waals surface area contributed by atoms with E-state index in [-0.39, 0.29) is 4.90 Å². The molecule has 0 atom stereocenters. The molecular weight excluding hydrogens is 290 g/mol. The van der Waals surface area contributed by atoms with Crippen molar-refractivity contribution in [1.29, 1.82) is 0 Å². The van der Waals surface area contributed by atoms with E-state index in [9.17, 15) is 8.42 Å². The second kappa shape index (κ2) is 7.11. The highest BCUT2D eigenvalue weighted by atomic mass is 32.2. The highest BCUT2D eigenvalue weighted by Crippen LogP contribution is 2.25. The molecule has 1 saturated heterocycles. The van der Waals surface area contributed by atoms with Gasteiger partial charge in [0.15, 0.2) is 0 Å². The lowest BCUT2D eigenvalue weighted by atomic mass is 10.3. The van der Waals surface area contributed by atoms with E-state index in [0.29, 0.717) is 24.6 Å². The van der Waals surface area contributed by atoms with Crippen LogP contribution >= 0.6 is 0 Å². The highest BCUT2D eigenvalue weighted by molar-refractivity contribution is 7.89. The van der Waals surface area contributed by atoms with Gasteiger partial charge in [-0.05, 0) is 38.1 Å². The zero-order valence-corrected chi connectivity index (χ0v) is 13.2. The second-order valence-electron chi connectivity index (χ2n) is 5.10. The SMILES string of the molecule is CCNS(=O)(=O)c1ccc(N)c(OCCN2CCCC2)c1. The summed E-state index contributed by atoms with van der Waals surface area (Å²) in [6.45, 7) is 5.64. The van der Waals surface area contributed by atoms with Gasteiger partial charge < -0.3 is 10.5 Å². The van der Waals surface area contributed by atoms with Gasteiger partial charge >= 0.3 is 0 Å². The molecule has 7 heteroatoms. The van der Waals surface area contributed by atoms with E-state index >= 15 is 0 Å². The summed E-state index contributed by atoms with van der Waals surface area (Å²) >= 11 is 0. The molecule has 6 nitrogen and oxygen atoms in total. The molecule has 0 spiro atoms. The van der Waals surface area contributed by atoms with Crippen molar-refractivity contribution in [3.63, 3.8) is 0 Å². The number of sulfonamides is 1. The van der Waals surface area contributed by atoms with Gasteiger partial charge in [-0.1, -0.05) is 6.92 Å². The van der Waals surface area contributed by atoms with Crippen LogP contribution in [0.1, 0.15) is 19.8 Å². The number of nitrogens with one attached hydrogen (secondary N) is 1. The molecule has 118 valence electrons. The first-order valence-corrected chi connectivity index (χ1v) is 8.75. The number of nitrogens with zero attached hydrogens (tertiary/aromatic N) is 1. The van der Waals surface area contributed by atoms with Crippen LogP contribution in [0, 0.1) is 0 Å². The standard InChI is InChI=1S/C14H23N3O3S/c1-2-16-21(18,19)12-5-6-13(15)14(11-12)20-10-9-17-7-3-4-8-17/h5-6,11,16H,2-4,7-10,15H2,1H3. The fourth-order valence-electron chi connectivity index (χ4n) is 2.37. The number of hydrogen-bond acceptors (Lipinski definition) is 5. The monoisotopic (exact) mass is 313 g/mol. The number of hydrogen-bond donors (Lipinski definition) is 2. The van der Waals surface area contributed by atoms with Gasteiger partial charge in [-0.2, -0.15) is 0 Å². The van der Waals surface area contributed by atoms with Gasteiger partial charge in [-0.15, -0.1) is 0 Å². The highest BCUT2D eigenvalue weighted by Gasteiger charge is 2.15. The molecule has 1 aliphatic rings.